The SMILES string of the molecule is Cc1ccc(C(c2ccccc2)(c2ccc(O)cc2)c2cccc3c2OCO3)[nH]1. The van der Waals surface area contributed by atoms with E-state index in [1.54, 1.807) is 12.1 Å². The summed E-state index contributed by atoms with van der Waals surface area (Å²) in [6.45, 7) is 2.25. The van der Waals surface area contributed by atoms with Gasteiger partial charge in [-0.3, -0.25) is 0 Å². The van der Waals surface area contributed by atoms with E-state index in [0.717, 1.165) is 39.6 Å². The summed E-state index contributed by atoms with van der Waals surface area (Å²) < 4.78 is 11.6. The number of hydrogen-bond donors (Lipinski definition) is 2. The molecule has 1 aromatic heterocycles. The van der Waals surface area contributed by atoms with Crippen molar-refractivity contribution in [3.05, 3.63) is 113 Å². The zero-order valence-corrected chi connectivity index (χ0v) is 16.1. The lowest BCUT2D eigenvalue weighted by atomic mass is 9.67. The number of aromatic amines is 1. The molecule has 0 amide bonds. The van der Waals surface area contributed by atoms with Gasteiger partial charge in [0.05, 0.1) is 5.41 Å². The molecule has 2 N–H and O–H groups in total. The molecule has 0 radical (unpaired) electrons. The molecular weight excluding hydrogens is 362 g/mol. The molecule has 0 saturated carbocycles. The molecule has 4 aromatic rings. The van der Waals surface area contributed by atoms with E-state index in [4.69, 9.17) is 9.47 Å². The Labute approximate surface area is 169 Å². The average Bonchev–Trinajstić information content (AvgIpc) is 3.40. The molecule has 5 rings (SSSR count). The van der Waals surface area contributed by atoms with E-state index in [-0.39, 0.29) is 12.5 Å². The van der Waals surface area contributed by atoms with Crippen molar-refractivity contribution in [1.29, 1.82) is 0 Å². The average molecular weight is 383 g/mol. The number of phenolic OH excluding ortho intramolecular Hbond substituents is 1. The minimum absolute atomic E-state index is 0.205. The Bertz CT molecular complexity index is 1150. The summed E-state index contributed by atoms with van der Waals surface area (Å²) in [5.41, 5.74) is 4.54. The van der Waals surface area contributed by atoms with E-state index in [1.807, 2.05) is 49.4 Å². The fraction of sp³-hybridized carbons (Fsp3) is 0.120. The van der Waals surface area contributed by atoms with Crippen LogP contribution in [-0.4, -0.2) is 16.9 Å². The van der Waals surface area contributed by atoms with E-state index < -0.39 is 5.41 Å². The Kier molecular flexibility index (Phi) is 4.06. The van der Waals surface area contributed by atoms with Crippen molar-refractivity contribution >= 4 is 0 Å². The molecule has 4 nitrogen and oxygen atoms in total. The first-order chi connectivity index (χ1) is 14.2. The molecular formula is C25H21NO3. The highest BCUT2D eigenvalue weighted by atomic mass is 16.7. The fourth-order valence-electron chi connectivity index (χ4n) is 4.28. The molecule has 2 heterocycles. The lowest BCUT2D eigenvalue weighted by molar-refractivity contribution is 0.173. The number of hydrogen-bond acceptors (Lipinski definition) is 3. The monoisotopic (exact) mass is 383 g/mol. The first kappa shape index (κ1) is 17.4. The number of para-hydroxylation sites is 1. The summed E-state index contributed by atoms with van der Waals surface area (Å²) in [5, 5.41) is 9.94. The standard InChI is InChI=1S/C25H21NO3/c1-17-10-15-23(26-17)25(18-6-3-2-4-7-18,19-11-13-20(27)14-12-19)21-8-5-9-22-24(21)29-16-28-22/h2-15,26-27H,16H2,1H3. The van der Waals surface area contributed by atoms with Crippen LogP contribution in [0.15, 0.2) is 84.9 Å². The second-order valence-electron chi connectivity index (χ2n) is 7.26. The number of benzene rings is 3. The minimum atomic E-state index is -0.664. The zero-order valence-electron chi connectivity index (χ0n) is 16.1. The topological polar surface area (TPSA) is 54.5 Å². The first-order valence-electron chi connectivity index (χ1n) is 9.60. The van der Waals surface area contributed by atoms with Gasteiger partial charge in [0.15, 0.2) is 11.5 Å². The number of aromatic hydroxyl groups is 1. The van der Waals surface area contributed by atoms with Gasteiger partial charge in [-0.05, 0) is 48.4 Å². The summed E-state index contributed by atoms with van der Waals surface area (Å²) in [5.74, 6) is 1.72. The molecule has 0 bridgehead atoms. The molecule has 1 aliphatic heterocycles. The Morgan fingerprint density at radius 1 is 0.793 bits per heavy atom. The highest BCUT2D eigenvalue weighted by molar-refractivity contribution is 5.65. The van der Waals surface area contributed by atoms with E-state index in [1.165, 1.54) is 0 Å². The predicted molar refractivity (Wildman–Crippen MR) is 112 cm³/mol. The van der Waals surface area contributed by atoms with Crippen molar-refractivity contribution < 1.29 is 14.6 Å². The maximum Gasteiger partial charge on any atom is 0.231 e. The first-order valence-corrected chi connectivity index (χ1v) is 9.60. The molecule has 1 atom stereocenters. The summed E-state index contributed by atoms with van der Waals surface area (Å²) in [4.78, 5) is 3.56. The van der Waals surface area contributed by atoms with Crippen molar-refractivity contribution in [2.75, 3.05) is 6.79 Å². The van der Waals surface area contributed by atoms with Gasteiger partial charge in [-0.25, -0.2) is 0 Å². The zero-order chi connectivity index (χ0) is 19.8. The van der Waals surface area contributed by atoms with Gasteiger partial charge in [0.2, 0.25) is 6.79 Å². The number of nitrogens with one attached hydrogen (secondary N) is 1. The van der Waals surface area contributed by atoms with Crippen LogP contribution in [0.4, 0.5) is 0 Å². The molecule has 29 heavy (non-hydrogen) atoms. The minimum Gasteiger partial charge on any atom is -0.508 e. The van der Waals surface area contributed by atoms with Crippen LogP contribution in [0.3, 0.4) is 0 Å². The molecule has 1 unspecified atom stereocenters. The van der Waals surface area contributed by atoms with Gasteiger partial charge < -0.3 is 19.6 Å². The van der Waals surface area contributed by atoms with Crippen LogP contribution in [0.2, 0.25) is 0 Å². The van der Waals surface area contributed by atoms with Gasteiger partial charge in [-0.15, -0.1) is 0 Å². The third-order valence-corrected chi connectivity index (χ3v) is 5.54. The fourth-order valence-corrected chi connectivity index (χ4v) is 4.28. The van der Waals surface area contributed by atoms with Crippen LogP contribution in [-0.2, 0) is 5.41 Å². The third kappa shape index (κ3) is 2.68. The molecule has 0 spiro atoms. The summed E-state index contributed by atoms with van der Waals surface area (Å²) in [6.07, 6.45) is 0. The molecule has 144 valence electrons. The number of ether oxygens (including phenoxy) is 2. The highest BCUT2D eigenvalue weighted by Crippen LogP contribution is 2.51. The van der Waals surface area contributed by atoms with Crippen molar-refractivity contribution in [2.45, 2.75) is 12.3 Å². The molecule has 0 aliphatic carbocycles. The number of aromatic nitrogens is 1. The number of aryl methyl sites for hydroxylation is 1. The normalized spacial score (nSPS) is 14.5. The maximum atomic E-state index is 9.94. The quantitative estimate of drug-likeness (QED) is 0.480. The number of phenols is 1. The van der Waals surface area contributed by atoms with E-state index in [0.29, 0.717) is 0 Å². The van der Waals surface area contributed by atoms with Crippen LogP contribution < -0.4 is 9.47 Å². The lowest BCUT2D eigenvalue weighted by Gasteiger charge is -2.36. The Morgan fingerprint density at radius 2 is 1.55 bits per heavy atom. The van der Waals surface area contributed by atoms with Gasteiger partial charge in [-0.1, -0.05) is 54.6 Å². The number of rotatable bonds is 4. The van der Waals surface area contributed by atoms with Crippen molar-refractivity contribution in [1.82, 2.24) is 4.98 Å². The van der Waals surface area contributed by atoms with Gasteiger partial charge >= 0.3 is 0 Å². The lowest BCUT2D eigenvalue weighted by Crippen LogP contribution is -2.31. The Balaban J connectivity index is 1.92. The van der Waals surface area contributed by atoms with Gasteiger partial charge in [0.1, 0.15) is 5.75 Å². The molecule has 3 aromatic carbocycles. The van der Waals surface area contributed by atoms with E-state index >= 15 is 0 Å². The van der Waals surface area contributed by atoms with Crippen molar-refractivity contribution in [3.63, 3.8) is 0 Å². The third-order valence-electron chi connectivity index (χ3n) is 5.54. The second kappa shape index (κ2) is 6.74. The number of fused-ring (bicyclic) bond motifs is 1. The van der Waals surface area contributed by atoms with Gasteiger partial charge in [0.25, 0.3) is 0 Å². The van der Waals surface area contributed by atoms with Crippen LogP contribution in [0.25, 0.3) is 0 Å². The highest BCUT2D eigenvalue weighted by Gasteiger charge is 2.43. The van der Waals surface area contributed by atoms with Crippen LogP contribution >= 0.6 is 0 Å². The van der Waals surface area contributed by atoms with E-state index in [9.17, 15) is 5.11 Å². The van der Waals surface area contributed by atoms with Crippen LogP contribution in [0, 0.1) is 6.92 Å². The Hall–Kier alpha value is -3.66. The van der Waals surface area contributed by atoms with Crippen molar-refractivity contribution in [2.24, 2.45) is 0 Å². The molecule has 0 saturated heterocycles. The van der Waals surface area contributed by atoms with Gasteiger partial charge in [-0.2, -0.15) is 0 Å². The van der Waals surface area contributed by atoms with Crippen LogP contribution in [0.5, 0.6) is 17.2 Å². The van der Waals surface area contributed by atoms with Crippen molar-refractivity contribution in [3.8, 4) is 17.2 Å². The number of H-pyrrole nitrogens is 1. The molecule has 0 fully saturated rings. The smallest absolute Gasteiger partial charge is 0.231 e. The second-order valence-corrected chi connectivity index (χ2v) is 7.26. The molecule has 4 heteroatoms. The summed E-state index contributed by atoms with van der Waals surface area (Å²) >= 11 is 0. The largest absolute Gasteiger partial charge is 0.508 e. The predicted octanol–water partition coefficient (Wildman–Crippen LogP) is 5.14. The maximum absolute atomic E-state index is 9.94. The molecule has 1 aliphatic rings. The Morgan fingerprint density at radius 3 is 2.28 bits per heavy atom. The summed E-state index contributed by atoms with van der Waals surface area (Å²) in [6, 6.07) is 27.9. The van der Waals surface area contributed by atoms with Gasteiger partial charge in [0, 0.05) is 17.0 Å². The summed E-state index contributed by atoms with van der Waals surface area (Å²) in [7, 11) is 0. The van der Waals surface area contributed by atoms with Crippen LogP contribution in [0.1, 0.15) is 28.1 Å². The van der Waals surface area contributed by atoms with E-state index in [2.05, 4.69) is 35.3 Å².